The third kappa shape index (κ3) is 3.11. The van der Waals surface area contributed by atoms with Crippen LogP contribution < -0.4 is 9.64 Å². The standard InChI is InChI=1S/C15H8Br2F2N2O4/c16-15(17)10-4-7(12(22)23)6-20-11(10)21(13(15)24)8-2-1-3-9(5-8)25-14(18)19/h1-6,14H,(H,22,23). The molecule has 1 aromatic carbocycles. The van der Waals surface area contributed by atoms with Crippen molar-refractivity contribution in [1.82, 2.24) is 4.98 Å². The molecule has 1 aromatic heterocycles. The second kappa shape index (κ2) is 6.34. The van der Waals surface area contributed by atoms with E-state index in [1.807, 2.05) is 0 Å². The molecule has 130 valence electrons. The monoisotopic (exact) mass is 476 g/mol. The smallest absolute Gasteiger partial charge is 0.387 e. The highest BCUT2D eigenvalue weighted by atomic mass is 79.9. The number of halogens is 4. The molecule has 0 radical (unpaired) electrons. The third-order valence-corrected chi connectivity index (χ3v) is 4.97. The van der Waals surface area contributed by atoms with Crippen LogP contribution in [-0.2, 0) is 8.03 Å². The molecule has 1 amide bonds. The molecule has 2 aromatic rings. The van der Waals surface area contributed by atoms with E-state index in [9.17, 15) is 18.4 Å². The Morgan fingerprint density at radius 1 is 1.32 bits per heavy atom. The maximum atomic E-state index is 12.8. The molecule has 25 heavy (non-hydrogen) atoms. The van der Waals surface area contributed by atoms with Gasteiger partial charge in [0.1, 0.15) is 11.6 Å². The minimum absolute atomic E-state index is 0.0912. The molecule has 10 heteroatoms. The molecule has 0 fully saturated rings. The second-order valence-corrected chi connectivity index (χ2v) is 8.43. The average molecular weight is 478 g/mol. The highest BCUT2D eigenvalue weighted by Gasteiger charge is 2.49. The van der Waals surface area contributed by atoms with Gasteiger partial charge in [-0.1, -0.05) is 37.9 Å². The van der Waals surface area contributed by atoms with Crippen LogP contribution in [0.25, 0.3) is 0 Å². The lowest BCUT2D eigenvalue weighted by atomic mass is 10.1. The molecule has 1 aliphatic rings. The zero-order chi connectivity index (χ0) is 18.4. The normalized spacial score (nSPS) is 15.4. The summed E-state index contributed by atoms with van der Waals surface area (Å²) in [4.78, 5) is 29.1. The van der Waals surface area contributed by atoms with Crippen LogP contribution in [0, 0.1) is 0 Å². The fourth-order valence-corrected chi connectivity index (χ4v) is 3.31. The summed E-state index contributed by atoms with van der Waals surface area (Å²) in [7, 11) is 0. The van der Waals surface area contributed by atoms with Crippen LogP contribution >= 0.6 is 31.9 Å². The summed E-state index contributed by atoms with van der Waals surface area (Å²) >= 11 is 6.46. The number of pyridine rings is 1. The van der Waals surface area contributed by atoms with E-state index >= 15 is 0 Å². The van der Waals surface area contributed by atoms with Crippen molar-refractivity contribution < 1.29 is 28.2 Å². The number of carboxylic acids is 1. The number of fused-ring (bicyclic) bond motifs is 1. The van der Waals surface area contributed by atoms with Gasteiger partial charge in [-0.25, -0.2) is 9.78 Å². The molecule has 0 saturated heterocycles. The number of ether oxygens (including phenoxy) is 1. The van der Waals surface area contributed by atoms with Gasteiger partial charge in [0.05, 0.1) is 11.3 Å². The molecule has 3 rings (SSSR count). The number of alkyl halides is 4. The predicted octanol–water partition coefficient (Wildman–Crippen LogP) is 4.00. The van der Waals surface area contributed by atoms with Crippen LogP contribution in [0.4, 0.5) is 20.3 Å². The maximum Gasteiger partial charge on any atom is 0.387 e. The van der Waals surface area contributed by atoms with Gasteiger partial charge >= 0.3 is 12.6 Å². The van der Waals surface area contributed by atoms with Gasteiger partial charge in [0.2, 0.25) is 0 Å². The van der Waals surface area contributed by atoms with Crippen LogP contribution in [0.5, 0.6) is 5.75 Å². The summed E-state index contributed by atoms with van der Waals surface area (Å²) in [5.74, 6) is -1.64. The SMILES string of the molecule is O=C(O)c1cnc2c(c1)C(Br)(Br)C(=O)N2c1cccc(OC(F)F)c1. The number of aromatic nitrogens is 1. The van der Waals surface area contributed by atoms with Crippen molar-refractivity contribution in [2.45, 2.75) is 9.85 Å². The second-order valence-electron chi connectivity index (χ2n) is 4.99. The lowest BCUT2D eigenvalue weighted by molar-refractivity contribution is -0.117. The van der Waals surface area contributed by atoms with E-state index in [0.717, 1.165) is 6.20 Å². The molecule has 2 heterocycles. The molecular formula is C15H8Br2F2N2O4. The number of amides is 1. The Labute approximate surface area is 156 Å². The minimum Gasteiger partial charge on any atom is -0.478 e. The minimum atomic E-state index is -3.00. The number of anilines is 2. The van der Waals surface area contributed by atoms with Crippen molar-refractivity contribution in [3.8, 4) is 5.75 Å². The van der Waals surface area contributed by atoms with Gasteiger partial charge < -0.3 is 9.84 Å². The Kier molecular flexibility index (Phi) is 4.50. The highest BCUT2D eigenvalue weighted by molar-refractivity contribution is 9.25. The van der Waals surface area contributed by atoms with Crippen molar-refractivity contribution in [3.63, 3.8) is 0 Å². The van der Waals surface area contributed by atoms with Crippen molar-refractivity contribution in [2.24, 2.45) is 0 Å². The van der Waals surface area contributed by atoms with Crippen LogP contribution in [0.3, 0.4) is 0 Å². The van der Waals surface area contributed by atoms with Crippen LogP contribution in [0.1, 0.15) is 15.9 Å². The fourth-order valence-electron chi connectivity index (χ4n) is 2.37. The Morgan fingerprint density at radius 3 is 2.68 bits per heavy atom. The topological polar surface area (TPSA) is 79.7 Å². The number of carbonyl (C=O) groups is 2. The first-order valence-electron chi connectivity index (χ1n) is 6.73. The van der Waals surface area contributed by atoms with Crippen LogP contribution in [0.15, 0.2) is 36.5 Å². The van der Waals surface area contributed by atoms with E-state index < -0.39 is 21.7 Å². The molecule has 1 aliphatic heterocycles. The first kappa shape index (κ1) is 17.7. The summed E-state index contributed by atoms with van der Waals surface area (Å²) < 4.78 is 27.8. The van der Waals surface area contributed by atoms with E-state index in [4.69, 9.17) is 5.11 Å². The Morgan fingerprint density at radius 2 is 2.04 bits per heavy atom. The molecule has 0 bridgehead atoms. The van der Waals surface area contributed by atoms with Gasteiger partial charge in [-0.05, 0) is 18.2 Å². The van der Waals surface area contributed by atoms with Crippen LogP contribution in [-0.4, -0.2) is 28.6 Å². The maximum absolute atomic E-state index is 12.8. The lowest BCUT2D eigenvalue weighted by Gasteiger charge is -2.18. The average Bonchev–Trinajstić information content (AvgIpc) is 2.73. The Bertz CT molecular complexity index is 876. The summed E-state index contributed by atoms with van der Waals surface area (Å²) in [5.41, 5.74) is 0.449. The van der Waals surface area contributed by atoms with Gasteiger partial charge in [0.15, 0.2) is 3.23 Å². The third-order valence-electron chi connectivity index (χ3n) is 3.44. The number of nitrogens with zero attached hydrogens (tertiary/aromatic N) is 2. The Hall–Kier alpha value is -2.07. The van der Waals surface area contributed by atoms with Crippen molar-refractivity contribution in [1.29, 1.82) is 0 Å². The van der Waals surface area contributed by atoms with Crippen molar-refractivity contribution in [3.05, 3.63) is 47.7 Å². The summed E-state index contributed by atoms with van der Waals surface area (Å²) in [6, 6.07) is 6.88. The van der Waals surface area contributed by atoms with Gasteiger partial charge in [-0.2, -0.15) is 8.78 Å². The molecular weight excluding hydrogens is 470 g/mol. The molecule has 6 nitrogen and oxygen atoms in total. The quantitative estimate of drug-likeness (QED) is 0.673. The van der Waals surface area contributed by atoms with Gasteiger partial charge in [-0.3, -0.25) is 9.69 Å². The molecule has 0 saturated carbocycles. The summed E-state index contributed by atoms with van der Waals surface area (Å²) in [5, 5.41) is 9.10. The Balaban J connectivity index is 2.11. The first-order chi connectivity index (χ1) is 11.7. The van der Waals surface area contributed by atoms with E-state index in [1.54, 1.807) is 0 Å². The van der Waals surface area contributed by atoms with Crippen molar-refractivity contribution in [2.75, 3.05) is 4.90 Å². The predicted molar refractivity (Wildman–Crippen MR) is 90.9 cm³/mol. The highest BCUT2D eigenvalue weighted by Crippen LogP contribution is 2.52. The summed E-state index contributed by atoms with van der Waals surface area (Å²) in [6.45, 7) is -3.00. The first-order valence-corrected chi connectivity index (χ1v) is 8.31. The largest absolute Gasteiger partial charge is 0.478 e. The lowest BCUT2D eigenvalue weighted by Crippen LogP contribution is -2.29. The van der Waals surface area contributed by atoms with Crippen LogP contribution in [0.2, 0.25) is 0 Å². The molecule has 0 unspecified atom stereocenters. The number of carbonyl (C=O) groups excluding carboxylic acids is 1. The number of rotatable bonds is 4. The van der Waals surface area contributed by atoms with E-state index in [2.05, 4.69) is 41.6 Å². The van der Waals surface area contributed by atoms with E-state index in [-0.39, 0.29) is 28.4 Å². The number of benzene rings is 1. The molecule has 0 spiro atoms. The van der Waals surface area contributed by atoms with Gasteiger partial charge in [-0.15, -0.1) is 0 Å². The number of hydrogen-bond acceptors (Lipinski definition) is 4. The van der Waals surface area contributed by atoms with E-state index in [0.29, 0.717) is 0 Å². The molecule has 0 aliphatic carbocycles. The molecule has 0 atom stereocenters. The van der Waals surface area contributed by atoms with Gasteiger partial charge in [0, 0.05) is 17.8 Å². The number of hydrogen-bond donors (Lipinski definition) is 1. The zero-order valence-corrected chi connectivity index (χ0v) is 15.3. The van der Waals surface area contributed by atoms with Crippen molar-refractivity contribution >= 4 is 55.2 Å². The summed E-state index contributed by atoms with van der Waals surface area (Å²) in [6.07, 6.45) is 1.11. The number of carboxylic acid groups (broad SMARTS) is 1. The molecule has 1 N–H and O–H groups in total. The van der Waals surface area contributed by atoms with Gasteiger partial charge in [0.25, 0.3) is 5.91 Å². The zero-order valence-electron chi connectivity index (χ0n) is 12.1. The van der Waals surface area contributed by atoms with E-state index in [1.165, 1.54) is 35.2 Å². The fraction of sp³-hybridized carbons (Fsp3) is 0.133. The number of aromatic carboxylic acids is 1.